The smallest absolute Gasteiger partial charge is 0.326 e. The number of carboxylic acid groups (broad SMARTS) is 1. The molecule has 124 valence electrons. The normalized spacial score (nSPS) is 18.0. The Balaban J connectivity index is 2.18. The minimum absolute atomic E-state index is 0.304. The fourth-order valence-corrected chi connectivity index (χ4v) is 2.68. The van der Waals surface area contributed by atoms with E-state index in [4.69, 9.17) is 9.47 Å². The minimum Gasteiger partial charge on any atom is -0.497 e. The number of aliphatic carboxylic acids is 1. The second-order valence-corrected chi connectivity index (χ2v) is 5.32. The van der Waals surface area contributed by atoms with E-state index >= 15 is 0 Å². The first-order valence-electron chi connectivity index (χ1n) is 7.50. The van der Waals surface area contributed by atoms with Gasteiger partial charge in [0.2, 0.25) is 5.91 Å². The van der Waals surface area contributed by atoms with Crippen molar-refractivity contribution < 1.29 is 24.2 Å². The molecule has 0 radical (unpaired) electrons. The Morgan fingerprint density at radius 2 is 2.04 bits per heavy atom. The van der Waals surface area contributed by atoms with E-state index in [1.165, 1.54) is 11.0 Å². The zero-order valence-corrected chi connectivity index (χ0v) is 13.3. The number of rotatable bonds is 5. The van der Waals surface area contributed by atoms with Crippen LogP contribution in [0.5, 0.6) is 11.5 Å². The second kappa shape index (κ2) is 7.67. The Hall–Kier alpha value is -2.50. The molecule has 1 saturated heterocycles. The topological polar surface area (TPSA) is 76.1 Å². The molecule has 0 aliphatic carbocycles. The third-order valence-corrected chi connectivity index (χ3v) is 3.91. The van der Waals surface area contributed by atoms with Crippen molar-refractivity contribution in [3.8, 4) is 11.5 Å². The van der Waals surface area contributed by atoms with Gasteiger partial charge in [-0.25, -0.2) is 4.79 Å². The van der Waals surface area contributed by atoms with Crippen LogP contribution in [0.2, 0.25) is 0 Å². The SMILES string of the molecule is COc1ccc(OC)c(/C=C/C(=O)N2CCCC[C@@H]2C(=O)O)c1. The average molecular weight is 319 g/mol. The lowest BCUT2D eigenvalue weighted by molar-refractivity contribution is -0.150. The Bertz CT molecular complexity index is 611. The summed E-state index contributed by atoms with van der Waals surface area (Å²) in [7, 11) is 3.11. The Kier molecular flexibility index (Phi) is 5.62. The van der Waals surface area contributed by atoms with Gasteiger partial charge in [0.1, 0.15) is 17.5 Å². The van der Waals surface area contributed by atoms with E-state index in [1.54, 1.807) is 38.5 Å². The van der Waals surface area contributed by atoms with Crippen LogP contribution in [0.25, 0.3) is 6.08 Å². The summed E-state index contributed by atoms with van der Waals surface area (Å²) in [4.78, 5) is 25.0. The summed E-state index contributed by atoms with van der Waals surface area (Å²) in [6.07, 6.45) is 5.16. The van der Waals surface area contributed by atoms with E-state index in [0.29, 0.717) is 30.0 Å². The van der Waals surface area contributed by atoms with Gasteiger partial charge >= 0.3 is 5.97 Å². The van der Waals surface area contributed by atoms with Gasteiger partial charge in [-0.2, -0.15) is 0 Å². The number of likely N-dealkylation sites (tertiary alicyclic amines) is 1. The van der Waals surface area contributed by atoms with E-state index in [0.717, 1.165) is 12.8 Å². The fraction of sp³-hybridized carbons (Fsp3) is 0.412. The molecule has 0 saturated carbocycles. The molecule has 1 fully saturated rings. The zero-order chi connectivity index (χ0) is 16.8. The molecule has 6 heteroatoms. The van der Waals surface area contributed by atoms with Gasteiger partial charge in [-0.05, 0) is 43.5 Å². The summed E-state index contributed by atoms with van der Waals surface area (Å²) in [6, 6.07) is 4.54. The van der Waals surface area contributed by atoms with E-state index in [2.05, 4.69) is 0 Å². The molecule has 1 heterocycles. The van der Waals surface area contributed by atoms with Crippen molar-refractivity contribution in [2.75, 3.05) is 20.8 Å². The summed E-state index contributed by atoms with van der Waals surface area (Å²) in [5, 5.41) is 9.24. The van der Waals surface area contributed by atoms with Crippen molar-refractivity contribution in [3.05, 3.63) is 29.8 Å². The van der Waals surface area contributed by atoms with Gasteiger partial charge in [-0.15, -0.1) is 0 Å². The predicted octanol–water partition coefficient (Wildman–Crippen LogP) is 2.18. The fourth-order valence-electron chi connectivity index (χ4n) is 2.68. The third kappa shape index (κ3) is 4.03. The molecule has 1 aromatic carbocycles. The highest BCUT2D eigenvalue weighted by molar-refractivity contribution is 5.94. The first-order chi connectivity index (χ1) is 11.1. The quantitative estimate of drug-likeness (QED) is 0.842. The van der Waals surface area contributed by atoms with Crippen molar-refractivity contribution in [1.82, 2.24) is 4.90 Å². The highest BCUT2D eigenvalue weighted by atomic mass is 16.5. The maximum absolute atomic E-state index is 12.3. The summed E-state index contributed by atoms with van der Waals surface area (Å²) in [5.74, 6) is 0.00921. The van der Waals surface area contributed by atoms with Crippen LogP contribution in [-0.4, -0.2) is 48.7 Å². The van der Waals surface area contributed by atoms with Gasteiger partial charge in [0.05, 0.1) is 14.2 Å². The predicted molar refractivity (Wildman–Crippen MR) is 85.6 cm³/mol. The van der Waals surface area contributed by atoms with Crippen molar-refractivity contribution in [2.24, 2.45) is 0 Å². The zero-order valence-electron chi connectivity index (χ0n) is 13.3. The number of carbonyl (C=O) groups is 2. The van der Waals surface area contributed by atoms with Gasteiger partial charge in [0.15, 0.2) is 0 Å². The molecule has 2 rings (SSSR count). The lowest BCUT2D eigenvalue weighted by Crippen LogP contribution is -2.47. The van der Waals surface area contributed by atoms with Gasteiger partial charge in [-0.3, -0.25) is 4.79 Å². The second-order valence-electron chi connectivity index (χ2n) is 5.32. The third-order valence-electron chi connectivity index (χ3n) is 3.91. The molecule has 1 aromatic rings. The lowest BCUT2D eigenvalue weighted by atomic mass is 10.0. The number of carbonyl (C=O) groups excluding carboxylic acids is 1. The molecule has 6 nitrogen and oxygen atoms in total. The number of methoxy groups -OCH3 is 2. The molecule has 1 aliphatic heterocycles. The van der Waals surface area contributed by atoms with E-state index in [9.17, 15) is 14.7 Å². The average Bonchev–Trinajstić information content (AvgIpc) is 2.59. The summed E-state index contributed by atoms with van der Waals surface area (Å²) in [6.45, 7) is 0.468. The first kappa shape index (κ1) is 16.9. The van der Waals surface area contributed by atoms with Gasteiger partial charge in [-0.1, -0.05) is 0 Å². The molecule has 0 bridgehead atoms. The maximum Gasteiger partial charge on any atom is 0.326 e. The van der Waals surface area contributed by atoms with Crippen molar-refractivity contribution in [1.29, 1.82) is 0 Å². The van der Waals surface area contributed by atoms with Crippen LogP contribution in [0, 0.1) is 0 Å². The van der Waals surface area contributed by atoms with Gasteiger partial charge < -0.3 is 19.5 Å². The molecule has 1 aliphatic rings. The molecule has 0 spiro atoms. The van der Waals surface area contributed by atoms with Crippen molar-refractivity contribution >= 4 is 18.0 Å². The standard InChI is InChI=1S/C17H21NO5/c1-22-13-7-8-15(23-2)12(11-13)6-9-16(19)18-10-4-3-5-14(18)17(20)21/h6-9,11,14H,3-5,10H2,1-2H3,(H,20,21)/b9-6+/t14-/m1/s1. The van der Waals surface area contributed by atoms with Crippen LogP contribution in [0.1, 0.15) is 24.8 Å². The number of carboxylic acids is 1. The number of hydrogen-bond acceptors (Lipinski definition) is 4. The molecule has 1 N–H and O–H groups in total. The van der Waals surface area contributed by atoms with E-state index in [-0.39, 0.29) is 5.91 Å². The number of amides is 1. The molecule has 1 amide bonds. The van der Waals surface area contributed by atoms with E-state index in [1.807, 2.05) is 0 Å². The number of benzene rings is 1. The number of nitrogens with zero attached hydrogens (tertiary/aromatic N) is 1. The van der Waals surface area contributed by atoms with Crippen molar-refractivity contribution in [3.63, 3.8) is 0 Å². The molecule has 0 aromatic heterocycles. The van der Waals surface area contributed by atoms with Gasteiger partial charge in [0.25, 0.3) is 0 Å². The monoisotopic (exact) mass is 319 g/mol. The van der Waals surface area contributed by atoms with Crippen LogP contribution in [0.3, 0.4) is 0 Å². The van der Waals surface area contributed by atoms with Crippen molar-refractivity contribution in [2.45, 2.75) is 25.3 Å². The van der Waals surface area contributed by atoms with Crippen LogP contribution in [0.4, 0.5) is 0 Å². The maximum atomic E-state index is 12.3. The number of ether oxygens (including phenoxy) is 2. The highest BCUT2D eigenvalue weighted by Gasteiger charge is 2.30. The Morgan fingerprint density at radius 3 is 2.70 bits per heavy atom. The lowest BCUT2D eigenvalue weighted by Gasteiger charge is -2.32. The first-order valence-corrected chi connectivity index (χ1v) is 7.50. The van der Waals surface area contributed by atoms with Crippen LogP contribution in [-0.2, 0) is 9.59 Å². The summed E-state index contributed by atoms with van der Waals surface area (Å²) in [5.41, 5.74) is 0.698. The molecule has 0 unspecified atom stereocenters. The van der Waals surface area contributed by atoms with Crippen LogP contribution in [0.15, 0.2) is 24.3 Å². The Morgan fingerprint density at radius 1 is 1.26 bits per heavy atom. The minimum atomic E-state index is -0.953. The molecular formula is C17H21NO5. The highest BCUT2D eigenvalue weighted by Crippen LogP contribution is 2.25. The molecule has 23 heavy (non-hydrogen) atoms. The molecular weight excluding hydrogens is 298 g/mol. The summed E-state index contributed by atoms with van der Waals surface area (Å²) >= 11 is 0. The summed E-state index contributed by atoms with van der Waals surface area (Å²) < 4.78 is 10.4. The number of piperidine rings is 1. The van der Waals surface area contributed by atoms with Gasteiger partial charge in [0, 0.05) is 18.2 Å². The largest absolute Gasteiger partial charge is 0.497 e. The van der Waals surface area contributed by atoms with Crippen LogP contribution < -0.4 is 9.47 Å². The Labute approximate surface area is 135 Å². The van der Waals surface area contributed by atoms with E-state index < -0.39 is 12.0 Å². The molecule has 1 atom stereocenters. The number of hydrogen-bond donors (Lipinski definition) is 1. The van der Waals surface area contributed by atoms with Crippen LogP contribution >= 0.6 is 0 Å².